The number of amidine groups is 1. The van der Waals surface area contributed by atoms with E-state index in [1.54, 1.807) is 12.1 Å². The first-order valence-electron chi connectivity index (χ1n) is 5.41. The number of nitrogens with zero attached hydrogens (tertiary/aromatic N) is 1. The molecule has 1 aromatic rings. The van der Waals surface area contributed by atoms with Crippen molar-refractivity contribution in [1.29, 1.82) is 0 Å². The van der Waals surface area contributed by atoms with E-state index >= 15 is 0 Å². The predicted molar refractivity (Wildman–Crippen MR) is 67.5 cm³/mol. The molecule has 1 aliphatic rings. The van der Waals surface area contributed by atoms with E-state index in [-0.39, 0.29) is 4.90 Å². The molecule has 0 unspecified atom stereocenters. The van der Waals surface area contributed by atoms with Gasteiger partial charge in [-0.2, -0.15) is 8.42 Å². The zero-order valence-electron chi connectivity index (χ0n) is 10.00. The fourth-order valence-corrected chi connectivity index (χ4v) is 1.82. The quantitative estimate of drug-likeness (QED) is 0.530. The summed E-state index contributed by atoms with van der Waals surface area (Å²) in [5.74, 6) is 0.722. The molecule has 6 nitrogen and oxygen atoms in total. The number of hydroxylamine groups is 1. The van der Waals surface area contributed by atoms with Crippen molar-refractivity contribution in [2.45, 2.75) is 24.7 Å². The fraction of sp³-hybridized carbons (Fsp3) is 0.364. The monoisotopic (exact) mass is 272 g/mol. The molecule has 18 heavy (non-hydrogen) atoms. The average molecular weight is 272 g/mol. The van der Waals surface area contributed by atoms with Gasteiger partial charge in [0.1, 0.15) is 5.84 Å². The van der Waals surface area contributed by atoms with Crippen LogP contribution in [0.1, 0.15) is 18.4 Å². The number of hydrogen-bond acceptors (Lipinski definition) is 5. The lowest BCUT2D eigenvalue weighted by atomic mass is 10.2. The second-order valence-electron chi connectivity index (χ2n) is 3.83. The van der Waals surface area contributed by atoms with E-state index in [4.69, 9.17) is 9.76 Å². The van der Waals surface area contributed by atoms with Gasteiger partial charge in [-0.05, 0) is 25.5 Å². The molecule has 3 N–H and O–H groups in total. The SMILES string of the molecule is Cc1ccc(S(=O)(=O)O)cc1.ONC1=NCCC1. The summed E-state index contributed by atoms with van der Waals surface area (Å²) < 4.78 is 29.6. The van der Waals surface area contributed by atoms with Gasteiger partial charge in [-0.1, -0.05) is 17.7 Å². The molecule has 0 aliphatic carbocycles. The zero-order chi connectivity index (χ0) is 13.6. The first kappa shape index (κ1) is 14.6. The third-order valence-corrected chi connectivity index (χ3v) is 3.19. The van der Waals surface area contributed by atoms with Gasteiger partial charge in [0.25, 0.3) is 10.1 Å². The summed E-state index contributed by atoms with van der Waals surface area (Å²) in [5.41, 5.74) is 2.97. The van der Waals surface area contributed by atoms with E-state index in [2.05, 4.69) is 4.99 Å². The van der Waals surface area contributed by atoms with Crippen LogP contribution in [-0.2, 0) is 10.1 Å². The standard InChI is InChI=1S/C7H8O3S.C4H8N2O/c1-6-2-4-7(5-3-6)11(8,9)10;7-6-4-2-1-3-5-4/h2-5H,1H3,(H,8,9,10);7H,1-3H2,(H,5,6). The molecular formula is C11H16N2O4S. The van der Waals surface area contributed by atoms with Crippen LogP contribution in [0.15, 0.2) is 34.2 Å². The van der Waals surface area contributed by atoms with E-state index in [1.165, 1.54) is 12.1 Å². The Morgan fingerprint density at radius 3 is 2.22 bits per heavy atom. The Bertz CT molecular complexity index is 508. The van der Waals surface area contributed by atoms with Crippen LogP contribution in [0.3, 0.4) is 0 Å². The minimum absolute atomic E-state index is 0.0666. The highest BCUT2D eigenvalue weighted by atomic mass is 32.2. The Hall–Kier alpha value is -1.44. The summed E-state index contributed by atoms with van der Waals surface area (Å²) in [6.45, 7) is 2.71. The third-order valence-electron chi connectivity index (χ3n) is 2.32. The van der Waals surface area contributed by atoms with Gasteiger partial charge in [-0.3, -0.25) is 20.2 Å². The van der Waals surface area contributed by atoms with E-state index in [9.17, 15) is 8.42 Å². The normalized spacial score (nSPS) is 14.5. The van der Waals surface area contributed by atoms with E-state index in [0.29, 0.717) is 0 Å². The van der Waals surface area contributed by atoms with Gasteiger partial charge in [-0.25, -0.2) is 0 Å². The van der Waals surface area contributed by atoms with Crippen LogP contribution in [0.4, 0.5) is 0 Å². The van der Waals surface area contributed by atoms with Crippen LogP contribution >= 0.6 is 0 Å². The zero-order valence-corrected chi connectivity index (χ0v) is 10.8. The molecule has 0 radical (unpaired) electrons. The molecular weight excluding hydrogens is 256 g/mol. The highest BCUT2D eigenvalue weighted by Gasteiger charge is 2.06. The second kappa shape index (κ2) is 6.48. The van der Waals surface area contributed by atoms with Crippen LogP contribution < -0.4 is 5.48 Å². The molecule has 0 aromatic heterocycles. The third kappa shape index (κ3) is 4.82. The molecule has 0 fully saturated rings. The lowest BCUT2D eigenvalue weighted by molar-refractivity contribution is 0.232. The Kier molecular flexibility index (Phi) is 5.26. The van der Waals surface area contributed by atoms with Crippen molar-refractivity contribution in [3.8, 4) is 0 Å². The van der Waals surface area contributed by atoms with Crippen molar-refractivity contribution in [3.63, 3.8) is 0 Å². The number of hydrogen-bond donors (Lipinski definition) is 3. The largest absolute Gasteiger partial charge is 0.294 e. The lowest BCUT2D eigenvalue weighted by Gasteiger charge is -1.95. The summed E-state index contributed by atoms with van der Waals surface area (Å²) >= 11 is 0. The molecule has 0 atom stereocenters. The van der Waals surface area contributed by atoms with Crippen LogP contribution in [0.25, 0.3) is 0 Å². The molecule has 0 amide bonds. The van der Waals surface area contributed by atoms with Gasteiger partial charge in [0.05, 0.1) is 4.90 Å². The Balaban J connectivity index is 0.000000199. The van der Waals surface area contributed by atoms with Gasteiger partial charge in [0, 0.05) is 13.0 Å². The first-order chi connectivity index (χ1) is 8.43. The second-order valence-corrected chi connectivity index (χ2v) is 5.25. The van der Waals surface area contributed by atoms with Gasteiger partial charge in [0.2, 0.25) is 0 Å². The first-order valence-corrected chi connectivity index (χ1v) is 6.85. The maximum absolute atomic E-state index is 10.5. The highest BCUT2D eigenvalue weighted by Crippen LogP contribution is 2.08. The lowest BCUT2D eigenvalue weighted by Crippen LogP contribution is -2.15. The number of rotatable bonds is 1. The molecule has 0 bridgehead atoms. The van der Waals surface area contributed by atoms with Gasteiger partial charge < -0.3 is 0 Å². The fourth-order valence-electron chi connectivity index (χ4n) is 1.34. The molecule has 0 saturated heterocycles. The average Bonchev–Trinajstić information content (AvgIpc) is 2.82. The van der Waals surface area contributed by atoms with Crippen molar-refractivity contribution in [1.82, 2.24) is 5.48 Å². The van der Waals surface area contributed by atoms with Crippen LogP contribution in [0.2, 0.25) is 0 Å². The van der Waals surface area contributed by atoms with Crippen molar-refractivity contribution < 1.29 is 18.2 Å². The number of aliphatic imine (C=N–C) groups is 1. The van der Waals surface area contributed by atoms with Crippen molar-refractivity contribution >= 4 is 16.0 Å². The summed E-state index contributed by atoms with van der Waals surface area (Å²) in [5, 5.41) is 8.19. The topological polar surface area (TPSA) is 99.0 Å². The van der Waals surface area contributed by atoms with E-state index in [0.717, 1.165) is 30.8 Å². The molecule has 1 heterocycles. The van der Waals surface area contributed by atoms with Crippen LogP contribution in [0.5, 0.6) is 0 Å². The predicted octanol–water partition coefficient (Wildman–Crippen LogP) is 1.40. The minimum atomic E-state index is -4.02. The van der Waals surface area contributed by atoms with Crippen LogP contribution in [-0.4, -0.2) is 30.6 Å². The van der Waals surface area contributed by atoms with Crippen molar-refractivity contribution in [3.05, 3.63) is 29.8 Å². The van der Waals surface area contributed by atoms with Crippen molar-refractivity contribution in [2.75, 3.05) is 6.54 Å². The number of benzene rings is 1. The van der Waals surface area contributed by atoms with Gasteiger partial charge in [0.15, 0.2) is 0 Å². The Morgan fingerprint density at radius 1 is 1.28 bits per heavy atom. The number of aryl methyl sites for hydroxylation is 1. The smallest absolute Gasteiger partial charge is 0.290 e. The van der Waals surface area contributed by atoms with Crippen LogP contribution in [0, 0.1) is 6.92 Å². The molecule has 1 aliphatic heterocycles. The van der Waals surface area contributed by atoms with E-state index in [1.807, 2.05) is 12.4 Å². The summed E-state index contributed by atoms with van der Waals surface area (Å²) in [6.07, 6.45) is 1.97. The summed E-state index contributed by atoms with van der Waals surface area (Å²) in [4.78, 5) is 3.84. The van der Waals surface area contributed by atoms with Gasteiger partial charge >= 0.3 is 0 Å². The molecule has 1 aromatic carbocycles. The Labute approximate surface area is 106 Å². The molecule has 7 heteroatoms. The molecule has 0 spiro atoms. The Morgan fingerprint density at radius 2 is 1.89 bits per heavy atom. The van der Waals surface area contributed by atoms with Gasteiger partial charge in [-0.15, -0.1) is 0 Å². The maximum Gasteiger partial charge on any atom is 0.294 e. The minimum Gasteiger partial charge on any atom is -0.290 e. The van der Waals surface area contributed by atoms with Crippen molar-refractivity contribution in [2.24, 2.45) is 4.99 Å². The highest BCUT2D eigenvalue weighted by molar-refractivity contribution is 7.85. The molecule has 2 rings (SSSR count). The summed E-state index contributed by atoms with van der Waals surface area (Å²) in [7, 11) is -4.02. The number of nitrogens with one attached hydrogen (secondary N) is 1. The maximum atomic E-state index is 10.5. The molecule has 100 valence electrons. The van der Waals surface area contributed by atoms with E-state index < -0.39 is 10.1 Å². The summed E-state index contributed by atoms with van der Waals surface area (Å²) in [6, 6.07) is 5.99. The molecule has 0 saturated carbocycles.